The van der Waals surface area contributed by atoms with Gasteiger partial charge in [0.1, 0.15) is 0 Å². The Morgan fingerprint density at radius 2 is 1.66 bits per heavy atom. The quantitative estimate of drug-likeness (QED) is 0.730. The van der Waals surface area contributed by atoms with Crippen molar-refractivity contribution in [1.29, 1.82) is 0 Å². The number of anilines is 1. The summed E-state index contributed by atoms with van der Waals surface area (Å²) in [7, 11) is 2.52. The maximum absolute atomic E-state index is 12.5. The van der Waals surface area contributed by atoms with Crippen molar-refractivity contribution in [2.24, 2.45) is 0 Å². The van der Waals surface area contributed by atoms with Gasteiger partial charge in [0.15, 0.2) is 0 Å². The fourth-order valence-corrected chi connectivity index (χ4v) is 3.53. The molecular weight excluding hydrogens is 372 g/mol. The van der Waals surface area contributed by atoms with Crippen molar-refractivity contribution in [3.63, 3.8) is 0 Å². The molecule has 0 radical (unpaired) electrons. The lowest BCUT2D eigenvalue weighted by molar-refractivity contribution is -0.120. The summed E-state index contributed by atoms with van der Waals surface area (Å²) in [5.74, 6) is -1.33. The minimum absolute atomic E-state index is 0.00387. The zero-order chi connectivity index (χ0) is 20.8. The molecule has 2 N–H and O–H groups in total. The highest BCUT2D eigenvalue weighted by Crippen LogP contribution is 2.29. The molecule has 0 saturated carbocycles. The number of hydrogen-bond acceptors (Lipinski definition) is 6. The molecule has 1 amide bonds. The van der Waals surface area contributed by atoms with E-state index in [4.69, 9.17) is 9.47 Å². The minimum Gasteiger partial charge on any atom is -0.465 e. The summed E-state index contributed by atoms with van der Waals surface area (Å²) < 4.78 is 9.44. The number of carbonyl (C=O) groups excluding carboxylic acids is 3. The Morgan fingerprint density at radius 3 is 2.31 bits per heavy atom. The molecule has 2 aromatic rings. The van der Waals surface area contributed by atoms with E-state index in [1.54, 1.807) is 0 Å². The molecule has 1 aliphatic carbocycles. The van der Waals surface area contributed by atoms with E-state index in [1.165, 1.54) is 38.0 Å². The lowest BCUT2D eigenvalue weighted by atomic mass is 9.88. The van der Waals surface area contributed by atoms with Crippen LogP contribution in [0.3, 0.4) is 0 Å². The Kier molecular flexibility index (Phi) is 6.49. The monoisotopic (exact) mass is 396 g/mol. The summed E-state index contributed by atoms with van der Waals surface area (Å²) >= 11 is 0. The lowest BCUT2D eigenvalue weighted by Gasteiger charge is -2.26. The molecule has 0 spiro atoms. The number of fused-ring (bicyclic) bond motifs is 1. The van der Waals surface area contributed by atoms with E-state index in [1.807, 2.05) is 12.1 Å². The fraction of sp³-hybridized carbons (Fsp3) is 0.318. The number of carbonyl (C=O) groups is 3. The molecule has 0 heterocycles. The van der Waals surface area contributed by atoms with Gasteiger partial charge in [0.25, 0.3) is 0 Å². The number of hydrogen-bond donors (Lipinski definition) is 2. The molecule has 7 nitrogen and oxygen atoms in total. The summed E-state index contributed by atoms with van der Waals surface area (Å²) in [6.45, 7) is 0.00387. The second-order valence-corrected chi connectivity index (χ2v) is 6.85. The first-order chi connectivity index (χ1) is 14.0. The molecule has 0 saturated heterocycles. The van der Waals surface area contributed by atoms with Crippen molar-refractivity contribution in [2.75, 3.05) is 26.1 Å². The van der Waals surface area contributed by atoms with Crippen LogP contribution in [0.5, 0.6) is 0 Å². The predicted molar refractivity (Wildman–Crippen MR) is 108 cm³/mol. The minimum atomic E-state index is -0.581. The maximum atomic E-state index is 12.5. The van der Waals surface area contributed by atoms with Gasteiger partial charge < -0.3 is 20.1 Å². The Labute approximate surface area is 169 Å². The Bertz CT molecular complexity index is 891. The van der Waals surface area contributed by atoms with E-state index in [2.05, 4.69) is 22.8 Å². The molecule has 0 fully saturated rings. The highest BCUT2D eigenvalue weighted by molar-refractivity contribution is 5.97. The molecule has 29 heavy (non-hydrogen) atoms. The highest BCUT2D eigenvalue weighted by Gasteiger charge is 2.21. The SMILES string of the molecule is COC(=O)c1cc(NCC(=O)NC2CCCc3ccccc32)cc(C(=O)OC)c1. The van der Waals surface area contributed by atoms with Crippen molar-refractivity contribution in [1.82, 2.24) is 5.32 Å². The number of aryl methyl sites for hydroxylation is 1. The zero-order valence-corrected chi connectivity index (χ0v) is 16.5. The Morgan fingerprint density at radius 1 is 1.00 bits per heavy atom. The summed E-state index contributed by atoms with van der Waals surface area (Å²) in [6, 6.07) is 12.6. The van der Waals surface area contributed by atoms with E-state index < -0.39 is 11.9 Å². The van der Waals surface area contributed by atoms with Gasteiger partial charge in [0.2, 0.25) is 5.91 Å². The van der Waals surface area contributed by atoms with Crippen LogP contribution < -0.4 is 10.6 Å². The van der Waals surface area contributed by atoms with Gasteiger partial charge in [-0.15, -0.1) is 0 Å². The number of methoxy groups -OCH3 is 2. The molecule has 1 aliphatic rings. The first-order valence-electron chi connectivity index (χ1n) is 9.44. The number of rotatable bonds is 6. The third kappa shape index (κ3) is 4.93. The van der Waals surface area contributed by atoms with Crippen molar-refractivity contribution in [2.45, 2.75) is 25.3 Å². The third-order valence-electron chi connectivity index (χ3n) is 4.93. The van der Waals surface area contributed by atoms with Gasteiger partial charge >= 0.3 is 11.9 Å². The van der Waals surface area contributed by atoms with Gasteiger partial charge in [-0.3, -0.25) is 4.79 Å². The molecular formula is C22H24N2O5. The molecule has 1 atom stereocenters. The molecule has 0 aromatic heterocycles. The first-order valence-corrected chi connectivity index (χ1v) is 9.44. The van der Waals surface area contributed by atoms with Gasteiger partial charge in [0, 0.05) is 5.69 Å². The second kappa shape index (κ2) is 9.23. The standard InChI is InChI=1S/C22H24N2O5/c1-28-21(26)15-10-16(22(27)29-2)12-17(11-15)23-13-20(25)24-19-9-5-7-14-6-3-4-8-18(14)19/h3-4,6,8,10-12,19,23H,5,7,9,13H2,1-2H3,(H,24,25). The second-order valence-electron chi connectivity index (χ2n) is 6.85. The van der Waals surface area contributed by atoms with E-state index in [9.17, 15) is 14.4 Å². The van der Waals surface area contributed by atoms with Crippen molar-refractivity contribution in [3.8, 4) is 0 Å². The van der Waals surface area contributed by atoms with Crippen LogP contribution in [0.15, 0.2) is 42.5 Å². The van der Waals surface area contributed by atoms with Crippen molar-refractivity contribution in [3.05, 3.63) is 64.7 Å². The van der Waals surface area contributed by atoms with Gasteiger partial charge in [-0.1, -0.05) is 24.3 Å². The molecule has 3 rings (SSSR count). The summed E-state index contributed by atoms with van der Waals surface area (Å²) in [5.41, 5.74) is 3.27. The van der Waals surface area contributed by atoms with Gasteiger partial charge in [-0.05, 0) is 48.6 Å². The molecule has 7 heteroatoms. The summed E-state index contributed by atoms with van der Waals surface area (Å²) in [5, 5.41) is 6.03. The molecule has 152 valence electrons. The molecule has 1 unspecified atom stereocenters. The molecule has 2 aromatic carbocycles. The lowest BCUT2D eigenvalue weighted by Crippen LogP contribution is -2.35. The average molecular weight is 396 g/mol. The molecule has 0 aliphatic heterocycles. The zero-order valence-electron chi connectivity index (χ0n) is 16.5. The van der Waals surface area contributed by atoms with E-state index >= 15 is 0 Å². The van der Waals surface area contributed by atoms with Crippen LogP contribution >= 0.6 is 0 Å². The van der Waals surface area contributed by atoms with Crippen LogP contribution in [0.2, 0.25) is 0 Å². The number of amides is 1. The van der Waals surface area contributed by atoms with Crippen LogP contribution in [0.4, 0.5) is 5.69 Å². The summed E-state index contributed by atoms with van der Waals surface area (Å²) in [6.07, 6.45) is 2.95. The van der Waals surface area contributed by atoms with Crippen LogP contribution in [0.25, 0.3) is 0 Å². The predicted octanol–water partition coefficient (Wildman–Crippen LogP) is 2.87. The highest BCUT2D eigenvalue weighted by atomic mass is 16.5. The fourth-order valence-electron chi connectivity index (χ4n) is 3.53. The van der Waals surface area contributed by atoms with E-state index in [0.717, 1.165) is 24.8 Å². The Balaban J connectivity index is 1.68. The van der Waals surface area contributed by atoms with Crippen LogP contribution in [0, 0.1) is 0 Å². The number of benzene rings is 2. The topological polar surface area (TPSA) is 93.7 Å². The third-order valence-corrected chi connectivity index (χ3v) is 4.93. The van der Waals surface area contributed by atoms with E-state index in [0.29, 0.717) is 5.69 Å². The van der Waals surface area contributed by atoms with Gasteiger partial charge in [0.05, 0.1) is 37.9 Å². The van der Waals surface area contributed by atoms with Crippen LogP contribution in [-0.2, 0) is 20.7 Å². The van der Waals surface area contributed by atoms with E-state index in [-0.39, 0.29) is 29.6 Å². The van der Waals surface area contributed by atoms with Crippen molar-refractivity contribution >= 4 is 23.5 Å². The largest absolute Gasteiger partial charge is 0.465 e. The number of ether oxygens (including phenoxy) is 2. The van der Waals surface area contributed by atoms with Crippen molar-refractivity contribution < 1.29 is 23.9 Å². The average Bonchev–Trinajstić information content (AvgIpc) is 2.76. The van der Waals surface area contributed by atoms with Gasteiger partial charge in [-0.25, -0.2) is 9.59 Å². The van der Waals surface area contributed by atoms with Gasteiger partial charge in [-0.2, -0.15) is 0 Å². The number of nitrogens with one attached hydrogen (secondary N) is 2. The van der Waals surface area contributed by atoms with Crippen LogP contribution in [0.1, 0.15) is 50.7 Å². The Hall–Kier alpha value is -3.35. The normalized spacial score (nSPS) is 15.0. The van der Waals surface area contributed by atoms with Crippen LogP contribution in [-0.4, -0.2) is 38.6 Å². The molecule has 0 bridgehead atoms. The number of esters is 2. The summed E-state index contributed by atoms with van der Waals surface area (Å²) in [4.78, 5) is 36.2. The smallest absolute Gasteiger partial charge is 0.337 e. The maximum Gasteiger partial charge on any atom is 0.337 e. The first kappa shape index (κ1) is 20.4.